The molecular weight excluding hydrogens is 408 g/mol. The van der Waals surface area contributed by atoms with Gasteiger partial charge in [0.15, 0.2) is 0 Å². The number of likely N-dealkylation sites (tertiary alicyclic amines) is 1. The Morgan fingerprint density at radius 1 is 0.879 bits per heavy atom. The molecule has 4 nitrogen and oxygen atoms in total. The van der Waals surface area contributed by atoms with Crippen LogP contribution in [0.25, 0.3) is 21.9 Å². The molecule has 0 amide bonds. The van der Waals surface area contributed by atoms with Gasteiger partial charge in [-0.15, -0.1) is 0 Å². The minimum absolute atomic E-state index is 0.154. The van der Waals surface area contributed by atoms with Crippen LogP contribution in [0.2, 0.25) is 0 Å². The number of benzene rings is 3. The lowest BCUT2D eigenvalue weighted by molar-refractivity contribution is 0.114. The number of ether oxygens (including phenoxy) is 1. The summed E-state index contributed by atoms with van der Waals surface area (Å²) >= 11 is 0. The highest BCUT2D eigenvalue weighted by atomic mass is 16.5. The normalized spacial score (nSPS) is 19.9. The summed E-state index contributed by atoms with van der Waals surface area (Å²) in [5.74, 6) is 1.82. The fourth-order valence-corrected chi connectivity index (χ4v) is 5.74. The van der Waals surface area contributed by atoms with Gasteiger partial charge < -0.3 is 9.30 Å². The van der Waals surface area contributed by atoms with Gasteiger partial charge >= 0.3 is 0 Å². The topological polar surface area (TPSA) is 34.5 Å². The Morgan fingerprint density at radius 3 is 2.52 bits per heavy atom. The number of fused-ring (bicyclic) bond motifs is 5. The summed E-state index contributed by atoms with van der Waals surface area (Å²) in [4.78, 5) is 16.1. The number of hydrogen-bond donors (Lipinski definition) is 0. The van der Waals surface area contributed by atoms with Crippen molar-refractivity contribution in [3.8, 4) is 16.9 Å². The molecule has 3 heterocycles. The number of methoxy groups -OCH3 is 1. The van der Waals surface area contributed by atoms with Crippen LogP contribution >= 0.6 is 0 Å². The van der Waals surface area contributed by atoms with E-state index in [2.05, 4.69) is 58.0 Å². The molecule has 33 heavy (non-hydrogen) atoms. The van der Waals surface area contributed by atoms with E-state index >= 15 is 0 Å². The molecule has 2 aliphatic rings. The third kappa shape index (κ3) is 3.75. The summed E-state index contributed by atoms with van der Waals surface area (Å²) in [6, 6.07) is 27.2. The van der Waals surface area contributed by atoms with Gasteiger partial charge in [0.25, 0.3) is 5.56 Å². The molecule has 0 spiro atoms. The van der Waals surface area contributed by atoms with Crippen LogP contribution in [0.4, 0.5) is 0 Å². The summed E-state index contributed by atoms with van der Waals surface area (Å²) in [5, 5.41) is 2.37. The van der Waals surface area contributed by atoms with Gasteiger partial charge in [-0.2, -0.15) is 0 Å². The lowest BCUT2D eigenvalue weighted by Gasteiger charge is -2.43. The van der Waals surface area contributed by atoms with Crippen molar-refractivity contribution in [1.82, 2.24) is 9.47 Å². The Morgan fingerprint density at radius 2 is 1.70 bits per heavy atom. The van der Waals surface area contributed by atoms with Crippen LogP contribution in [-0.2, 0) is 13.1 Å². The molecule has 1 aromatic heterocycles. The fourth-order valence-electron chi connectivity index (χ4n) is 5.74. The standard InChI is InChI=1S/C29H28N2O2/c1-33-26-10-6-20(7-11-26)16-30-17-21-14-25(19-30)28-13-12-27(29(32)31(28)18-21)24-9-8-22-4-2-3-5-23(22)15-24/h2-13,15,21,25H,14,16-19H2,1H3. The number of aromatic nitrogens is 1. The molecule has 0 N–H and O–H groups in total. The van der Waals surface area contributed by atoms with Crippen molar-refractivity contribution in [3.63, 3.8) is 0 Å². The summed E-state index contributed by atoms with van der Waals surface area (Å²) in [6.45, 7) is 3.79. The van der Waals surface area contributed by atoms with E-state index in [1.165, 1.54) is 28.5 Å². The van der Waals surface area contributed by atoms with Gasteiger partial charge in [0.05, 0.1) is 7.11 Å². The van der Waals surface area contributed by atoms with E-state index in [0.717, 1.165) is 43.1 Å². The maximum absolute atomic E-state index is 13.6. The van der Waals surface area contributed by atoms with E-state index in [9.17, 15) is 4.79 Å². The van der Waals surface area contributed by atoms with Gasteiger partial charge in [0.2, 0.25) is 0 Å². The van der Waals surface area contributed by atoms with Crippen molar-refractivity contribution >= 4 is 10.8 Å². The summed E-state index contributed by atoms with van der Waals surface area (Å²) in [5.41, 5.74) is 4.46. The molecule has 2 bridgehead atoms. The van der Waals surface area contributed by atoms with Crippen LogP contribution in [0.1, 0.15) is 23.6 Å². The van der Waals surface area contributed by atoms with Crippen molar-refractivity contribution in [2.75, 3.05) is 20.2 Å². The minimum Gasteiger partial charge on any atom is -0.497 e. The van der Waals surface area contributed by atoms with Crippen molar-refractivity contribution < 1.29 is 4.74 Å². The Bertz CT molecular complexity index is 1370. The number of hydrogen-bond acceptors (Lipinski definition) is 3. The van der Waals surface area contributed by atoms with Crippen molar-refractivity contribution in [1.29, 1.82) is 0 Å². The third-order valence-electron chi connectivity index (χ3n) is 7.31. The van der Waals surface area contributed by atoms with E-state index in [-0.39, 0.29) is 5.56 Å². The zero-order valence-corrected chi connectivity index (χ0v) is 18.9. The molecular formula is C29H28N2O2. The van der Waals surface area contributed by atoms with Crippen LogP contribution < -0.4 is 10.3 Å². The van der Waals surface area contributed by atoms with Gasteiger partial charge in [-0.25, -0.2) is 0 Å². The van der Waals surface area contributed by atoms with Crippen LogP contribution in [0.3, 0.4) is 0 Å². The molecule has 2 atom stereocenters. The van der Waals surface area contributed by atoms with E-state index in [4.69, 9.17) is 4.74 Å². The minimum atomic E-state index is 0.154. The van der Waals surface area contributed by atoms with Gasteiger partial charge in [-0.1, -0.05) is 48.5 Å². The predicted molar refractivity (Wildman–Crippen MR) is 133 cm³/mol. The Kier molecular flexibility index (Phi) is 5.03. The maximum Gasteiger partial charge on any atom is 0.258 e. The second-order valence-corrected chi connectivity index (χ2v) is 9.49. The van der Waals surface area contributed by atoms with Crippen molar-refractivity contribution in [2.24, 2.45) is 5.92 Å². The lowest BCUT2D eigenvalue weighted by Crippen LogP contribution is -2.46. The SMILES string of the molecule is COc1ccc(CN2CC3CC(C2)c2ccc(-c4ccc5ccccc5c4)c(=O)n2C3)cc1. The molecule has 3 aromatic carbocycles. The monoisotopic (exact) mass is 436 g/mol. The summed E-state index contributed by atoms with van der Waals surface area (Å²) in [6.07, 6.45) is 1.17. The van der Waals surface area contributed by atoms with Crippen LogP contribution in [0.5, 0.6) is 5.75 Å². The third-order valence-corrected chi connectivity index (χ3v) is 7.31. The molecule has 1 saturated heterocycles. The van der Waals surface area contributed by atoms with Crippen LogP contribution in [0, 0.1) is 5.92 Å². The highest BCUT2D eigenvalue weighted by Crippen LogP contribution is 2.36. The molecule has 0 radical (unpaired) electrons. The molecule has 1 fully saturated rings. The Hall–Kier alpha value is -3.37. The van der Waals surface area contributed by atoms with E-state index in [1.54, 1.807) is 7.11 Å². The molecule has 4 aromatic rings. The van der Waals surface area contributed by atoms with E-state index in [1.807, 2.05) is 30.3 Å². The molecule has 2 aliphatic heterocycles. The van der Waals surface area contributed by atoms with E-state index < -0.39 is 0 Å². The quantitative estimate of drug-likeness (QED) is 0.436. The smallest absolute Gasteiger partial charge is 0.258 e. The molecule has 0 saturated carbocycles. The molecule has 6 rings (SSSR count). The first-order valence-electron chi connectivity index (χ1n) is 11.8. The fraction of sp³-hybridized carbons (Fsp3) is 0.276. The average Bonchev–Trinajstić information content (AvgIpc) is 2.85. The second-order valence-electron chi connectivity index (χ2n) is 9.49. The highest BCUT2D eigenvalue weighted by Gasteiger charge is 2.35. The molecule has 2 unspecified atom stereocenters. The molecule has 0 aliphatic carbocycles. The van der Waals surface area contributed by atoms with Crippen molar-refractivity contribution in [3.05, 3.63) is 100 Å². The molecule has 4 heteroatoms. The van der Waals surface area contributed by atoms with Gasteiger partial charge in [0.1, 0.15) is 5.75 Å². The average molecular weight is 437 g/mol. The zero-order valence-electron chi connectivity index (χ0n) is 18.9. The number of piperidine rings is 1. The lowest BCUT2D eigenvalue weighted by atomic mass is 9.82. The Labute approximate surface area is 194 Å². The van der Waals surface area contributed by atoms with Crippen LogP contribution in [0.15, 0.2) is 83.7 Å². The van der Waals surface area contributed by atoms with E-state index in [0.29, 0.717) is 11.8 Å². The number of rotatable bonds is 4. The van der Waals surface area contributed by atoms with Crippen LogP contribution in [-0.4, -0.2) is 29.7 Å². The zero-order chi connectivity index (χ0) is 22.4. The first-order valence-corrected chi connectivity index (χ1v) is 11.8. The number of nitrogens with zero attached hydrogens (tertiary/aromatic N) is 2. The van der Waals surface area contributed by atoms with Crippen molar-refractivity contribution in [2.45, 2.75) is 25.4 Å². The highest BCUT2D eigenvalue weighted by molar-refractivity contribution is 5.87. The van der Waals surface area contributed by atoms with Gasteiger partial charge in [-0.3, -0.25) is 9.69 Å². The molecule has 166 valence electrons. The largest absolute Gasteiger partial charge is 0.497 e. The Balaban J connectivity index is 1.28. The second kappa shape index (κ2) is 8.20. The maximum atomic E-state index is 13.6. The first-order chi connectivity index (χ1) is 16.2. The summed E-state index contributed by atoms with van der Waals surface area (Å²) < 4.78 is 7.35. The van der Waals surface area contributed by atoms with Gasteiger partial charge in [0, 0.05) is 43.4 Å². The number of pyridine rings is 1. The van der Waals surface area contributed by atoms with Gasteiger partial charge in [-0.05, 0) is 64.6 Å². The summed E-state index contributed by atoms with van der Waals surface area (Å²) in [7, 11) is 1.70. The first kappa shape index (κ1) is 20.3. The predicted octanol–water partition coefficient (Wildman–Crippen LogP) is 5.30.